The Labute approximate surface area is 198 Å². The van der Waals surface area contributed by atoms with Gasteiger partial charge in [-0.1, -0.05) is 67.3 Å². The second-order valence-corrected chi connectivity index (χ2v) is 8.70. The van der Waals surface area contributed by atoms with Crippen molar-refractivity contribution >= 4 is 18.0 Å². The van der Waals surface area contributed by atoms with Crippen LogP contribution in [-0.2, 0) is 14.3 Å². The van der Waals surface area contributed by atoms with Crippen molar-refractivity contribution < 1.29 is 24.2 Å². The molecular weight excluding hydrogens is 432 g/mol. The van der Waals surface area contributed by atoms with E-state index in [1.54, 1.807) is 0 Å². The van der Waals surface area contributed by atoms with Gasteiger partial charge in [-0.2, -0.15) is 0 Å². The first kappa shape index (κ1) is 23.4. The van der Waals surface area contributed by atoms with Crippen LogP contribution >= 0.6 is 0 Å². The van der Waals surface area contributed by atoms with Crippen LogP contribution in [0.25, 0.3) is 11.1 Å². The third-order valence-electron chi connectivity index (χ3n) is 6.53. The fourth-order valence-electron chi connectivity index (χ4n) is 4.96. The first-order valence-corrected chi connectivity index (χ1v) is 11.6. The lowest BCUT2D eigenvalue weighted by Crippen LogP contribution is -2.42. The van der Waals surface area contributed by atoms with E-state index in [1.165, 1.54) is 0 Å². The Balaban J connectivity index is 1.24. The summed E-state index contributed by atoms with van der Waals surface area (Å²) >= 11 is 0. The maximum absolute atomic E-state index is 12.2. The maximum Gasteiger partial charge on any atom is 0.407 e. The third kappa shape index (κ3) is 5.57. The molecule has 7 heteroatoms. The first-order chi connectivity index (χ1) is 16.5. The lowest BCUT2D eigenvalue weighted by Gasteiger charge is -2.30. The van der Waals surface area contributed by atoms with E-state index < -0.39 is 18.0 Å². The monoisotopic (exact) mass is 460 g/mol. The normalized spacial score (nSPS) is 18.6. The molecule has 0 aromatic heterocycles. The second kappa shape index (κ2) is 10.9. The Hall–Kier alpha value is -3.79. The Morgan fingerprint density at radius 2 is 1.62 bits per heavy atom. The minimum Gasteiger partial charge on any atom is -0.481 e. The third-order valence-corrected chi connectivity index (χ3v) is 6.53. The molecule has 2 aromatic carbocycles. The summed E-state index contributed by atoms with van der Waals surface area (Å²) in [5, 5.41) is 14.4. The minimum atomic E-state index is -0.857. The first-order valence-electron chi connectivity index (χ1n) is 11.6. The standard InChI is InChI=1S/C27H28N2O5/c30-25(29-24-13-6-1-8-18(24)16-26(31)32)14-7-15-28-27(33)34-17-23-21-11-4-2-9-19(21)20-10-3-5-12-22(20)23/h2-5,9-12,18,23-24H,1,6,8,13,15-17H2,(H,28,33)(H,29,30)(H,31,32). The molecule has 2 atom stereocenters. The van der Waals surface area contributed by atoms with Crippen LogP contribution in [0.2, 0.25) is 0 Å². The van der Waals surface area contributed by atoms with Gasteiger partial charge in [0.2, 0.25) is 0 Å². The number of alkyl carbamates (subject to hydrolysis) is 1. The van der Waals surface area contributed by atoms with Crippen LogP contribution in [0.1, 0.15) is 49.1 Å². The number of aliphatic carboxylic acids is 1. The van der Waals surface area contributed by atoms with Crippen molar-refractivity contribution in [3.63, 3.8) is 0 Å². The lowest BCUT2D eigenvalue weighted by molar-refractivity contribution is -0.139. The SMILES string of the molecule is O=C(O)CC1CCCCC1NC(=O)C#CCNC(=O)OCC1c2ccccc2-c2ccccc21. The molecule has 2 unspecified atom stereocenters. The molecule has 34 heavy (non-hydrogen) atoms. The highest BCUT2D eigenvalue weighted by molar-refractivity contribution is 5.93. The number of carboxylic acids is 1. The summed E-state index contributed by atoms with van der Waals surface area (Å²) in [5.41, 5.74) is 4.59. The summed E-state index contributed by atoms with van der Waals surface area (Å²) in [6, 6.07) is 16.0. The highest BCUT2D eigenvalue weighted by atomic mass is 16.5. The topological polar surface area (TPSA) is 105 Å². The van der Waals surface area contributed by atoms with Gasteiger partial charge in [0.15, 0.2) is 0 Å². The summed E-state index contributed by atoms with van der Waals surface area (Å²) in [7, 11) is 0. The molecule has 0 aliphatic heterocycles. The summed E-state index contributed by atoms with van der Waals surface area (Å²) < 4.78 is 5.45. The highest BCUT2D eigenvalue weighted by Gasteiger charge is 2.29. The van der Waals surface area contributed by atoms with Gasteiger partial charge >= 0.3 is 12.1 Å². The Morgan fingerprint density at radius 1 is 0.971 bits per heavy atom. The molecule has 4 rings (SSSR count). The summed E-state index contributed by atoms with van der Waals surface area (Å²) in [4.78, 5) is 35.4. The minimum absolute atomic E-state index is 0.0205. The van der Waals surface area contributed by atoms with Crippen molar-refractivity contribution in [3.05, 3.63) is 59.7 Å². The van der Waals surface area contributed by atoms with E-state index in [1.807, 2.05) is 24.3 Å². The zero-order valence-corrected chi connectivity index (χ0v) is 18.9. The fourth-order valence-corrected chi connectivity index (χ4v) is 4.96. The van der Waals surface area contributed by atoms with E-state index in [9.17, 15) is 14.4 Å². The summed E-state index contributed by atoms with van der Waals surface area (Å²) in [5.74, 6) is 3.68. The molecular formula is C27H28N2O5. The van der Waals surface area contributed by atoms with Crippen molar-refractivity contribution in [2.45, 2.75) is 44.1 Å². The maximum atomic E-state index is 12.2. The van der Waals surface area contributed by atoms with Crippen LogP contribution in [0.15, 0.2) is 48.5 Å². The largest absolute Gasteiger partial charge is 0.481 e. The molecule has 1 fully saturated rings. The van der Waals surface area contributed by atoms with Crippen molar-refractivity contribution in [1.29, 1.82) is 0 Å². The molecule has 2 amide bonds. The fraction of sp³-hybridized carbons (Fsp3) is 0.370. The molecule has 176 valence electrons. The van der Waals surface area contributed by atoms with Crippen LogP contribution in [0.4, 0.5) is 4.79 Å². The molecule has 0 spiro atoms. The van der Waals surface area contributed by atoms with E-state index >= 15 is 0 Å². The molecule has 7 nitrogen and oxygen atoms in total. The molecule has 0 radical (unpaired) electrons. The van der Waals surface area contributed by atoms with Gasteiger partial charge < -0.3 is 20.5 Å². The van der Waals surface area contributed by atoms with E-state index in [0.717, 1.165) is 47.9 Å². The molecule has 1 saturated carbocycles. The van der Waals surface area contributed by atoms with E-state index in [2.05, 4.69) is 46.7 Å². The molecule has 2 aromatic rings. The lowest BCUT2D eigenvalue weighted by atomic mass is 9.82. The van der Waals surface area contributed by atoms with E-state index in [-0.39, 0.29) is 37.5 Å². The number of carboxylic acid groups (broad SMARTS) is 1. The number of rotatable bonds is 6. The predicted molar refractivity (Wildman–Crippen MR) is 127 cm³/mol. The number of nitrogens with one attached hydrogen (secondary N) is 2. The number of benzene rings is 2. The number of carbonyl (C=O) groups is 3. The zero-order valence-electron chi connectivity index (χ0n) is 18.9. The van der Waals surface area contributed by atoms with Crippen LogP contribution in [0.5, 0.6) is 0 Å². The van der Waals surface area contributed by atoms with E-state index in [0.29, 0.717) is 0 Å². The molecule has 0 bridgehead atoms. The predicted octanol–water partition coefficient (Wildman–Crippen LogP) is 3.68. The number of amides is 2. The highest BCUT2D eigenvalue weighted by Crippen LogP contribution is 2.44. The van der Waals surface area contributed by atoms with Gasteiger partial charge in [0, 0.05) is 12.0 Å². The number of carbonyl (C=O) groups excluding carboxylic acids is 2. The Bertz CT molecular complexity index is 1090. The van der Waals surface area contributed by atoms with Crippen molar-refractivity contribution in [2.75, 3.05) is 13.2 Å². The Kier molecular flexibility index (Phi) is 7.48. The summed E-state index contributed by atoms with van der Waals surface area (Å²) in [6.45, 7) is 0.188. The molecule has 2 aliphatic rings. The molecule has 0 saturated heterocycles. The number of hydrogen-bond donors (Lipinski definition) is 3. The van der Waals surface area contributed by atoms with Crippen LogP contribution < -0.4 is 10.6 Å². The van der Waals surface area contributed by atoms with Gasteiger partial charge in [-0.25, -0.2) is 4.79 Å². The number of fused-ring (bicyclic) bond motifs is 3. The zero-order chi connectivity index (χ0) is 23.9. The molecule has 2 aliphatic carbocycles. The van der Waals surface area contributed by atoms with Gasteiger partial charge in [-0.3, -0.25) is 9.59 Å². The van der Waals surface area contributed by atoms with Crippen molar-refractivity contribution in [1.82, 2.24) is 10.6 Å². The number of ether oxygens (including phenoxy) is 1. The second-order valence-electron chi connectivity index (χ2n) is 8.70. The van der Waals surface area contributed by atoms with Gasteiger partial charge in [-0.05, 0) is 46.9 Å². The van der Waals surface area contributed by atoms with Gasteiger partial charge in [0.25, 0.3) is 5.91 Å². The average molecular weight is 461 g/mol. The van der Waals surface area contributed by atoms with Crippen LogP contribution in [-0.4, -0.2) is 42.3 Å². The van der Waals surface area contributed by atoms with Crippen LogP contribution in [0, 0.1) is 17.8 Å². The van der Waals surface area contributed by atoms with Crippen molar-refractivity contribution in [3.8, 4) is 23.0 Å². The molecule has 3 N–H and O–H groups in total. The molecule has 0 heterocycles. The van der Waals surface area contributed by atoms with Gasteiger partial charge in [0.05, 0.1) is 13.0 Å². The number of hydrogen-bond acceptors (Lipinski definition) is 4. The Morgan fingerprint density at radius 3 is 2.29 bits per heavy atom. The van der Waals surface area contributed by atoms with Gasteiger partial charge in [0.1, 0.15) is 6.61 Å². The van der Waals surface area contributed by atoms with Crippen molar-refractivity contribution in [2.24, 2.45) is 5.92 Å². The van der Waals surface area contributed by atoms with E-state index in [4.69, 9.17) is 9.84 Å². The van der Waals surface area contributed by atoms with Gasteiger partial charge in [-0.15, -0.1) is 0 Å². The van der Waals surface area contributed by atoms with Crippen LogP contribution in [0.3, 0.4) is 0 Å². The smallest absolute Gasteiger partial charge is 0.407 e. The average Bonchev–Trinajstić information content (AvgIpc) is 3.15. The quantitative estimate of drug-likeness (QED) is 0.571. The summed E-state index contributed by atoms with van der Waals surface area (Å²) in [6.07, 6.45) is 2.92.